The van der Waals surface area contributed by atoms with Gasteiger partial charge in [0.2, 0.25) is 0 Å². The van der Waals surface area contributed by atoms with Crippen molar-refractivity contribution in [3.63, 3.8) is 0 Å². The van der Waals surface area contributed by atoms with Gasteiger partial charge in [-0.1, -0.05) is 35.9 Å². The molecule has 0 aliphatic carbocycles. The van der Waals surface area contributed by atoms with Crippen molar-refractivity contribution < 1.29 is 14.3 Å². The van der Waals surface area contributed by atoms with Crippen molar-refractivity contribution >= 4 is 23.5 Å². The zero-order chi connectivity index (χ0) is 13.8. The van der Waals surface area contributed by atoms with Gasteiger partial charge in [-0.2, -0.15) is 0 Å². The van der Waals surface area contributed by atoms with Crippen molar-refractivity contribution in [2.24, 2.45) is 0 Å². The van der Waals surface area contributed by atoms with E-state index in [1.165, 1.54) is 42.5 Å². The van der Waals surface area contributed by atoms with E-state index in [1.54, 1.807) is 12.1 Å². The summed E-state index contributed by atoms with van der Waals surface area (Å²) in [5.41, 5.74) is 0.821. The molecule has 0 aliphatic rings. The van der Waals surface area contributed by atoms with Crippen molar-refractivity contribution in [3.05, 3.63) is 70.5 Å². The third kappa shape index (κ3) is 3.20. The van der Waals surface area contributed by atoms with E-state index in [0.717, 1.165) is 0 Å². The summed E-state index contributed by atoms with van der Waals surface area (Å²) in [4.78, 5) is 11.8. The summed E-state index contributed by atoms with van der Waals surface area (Å²) >= 11 is 5.64. The third-order valence-corrected chi connectivity index (χ3v) is 2.83. The number of phenolic OH excluding ortho intramolecular Hbond substituents is 1. The Bertz CT molecular complexity index is 650. The van der Waals surface area contributed by atoms with Gasteiger partial charge in [0, 0.05) is 0 Å². The van der Waals surface area contributed by atoms with Crippen LogP contribution in [0.1, 0.15) is 15.9 Å². The van der Waals surface area contributed by atoms with Crippen LogP contribution in [0.25, 0.3) is 6.08 Å². The lowest BCUT2D eigenvalue weighted by molar-refractivity contribution is 0.104. The summed E-state index contributed by atoms with van der Waals surface area (Å²) in [5.74, 6) is -0.918. The molecule has 2 aromatic rings. The molecule has 0 aliphatic heterocycles. The van der Waals surface area contributed by atoms with E-state index in [-0.39, 0.29) is 22.1 Å². The Balaban J connectivity index is 2.21. The highest BCUT2D eigenvalue weighted by molar-refractivity contribution is 6.30. The monoisotopic (exact) mass is 276 g/mol. The Kier molecular flexibility index (Phi) is 3.97. The minimum Gasteiger partial charge on any atom is -0.507 e. The summed E-state index contributed by atoms with van der Waals surface area (Å²) in [6, 6.07) is 10.4. The van der Waals surface area contributed by atoms with E-state index >= 15 is 0 Å². The van der Waals surface area contributed by atoms with Gasteiger partial charge >= 0.3 is 0 Å². The van der Waals surface area contributed by atoms with Crippen LogP contribution >= 0.6 is 11.6 Å². The minimum atomic E-state index is -0.508. The molecular weight excluding hydrogens is 267 g/mol. The summed E-state index contributed by atoms with van der Waals surface area (Å²) in [6.45, 7) is 0. The Labute approximate surface area is 114 Å². The first kappa shape index (κ1) is 13.3. The van der Waals surface area contributed by atoms with Crippen molar-refractivity contribution in [2.75, 3.05) is 0 Å². The standard InChI is InChI=1S/C15H10ClFO2/c16-12-9-10(5-7-13(12)17)6-8-15(19)11-3-1-2-4-14(11)18/h1-9,18H/b8-6+. The average Bonchev–Trinajstić information content (AvgIpc) is 2.40. The van der Waals surface area contributed by atoms with E-state index in [9.17, 15) is 14.3 Å². The van der Waals surface area contributed by atoms with Crippen LogP contribution in [0.2, 0.25) is 5.02 Å². The van der Waals surface area contributed by atoms with Crippen LogP contribution in [-0.4, -0.2) is 10.9 Å². The summed E-state index contributed by atoms with van der Waals surface area (Å²) in [6.07, 6.45) is 2.82. The largest absolute Gasteiger partial charge is 0.507 e. The molecular formula is C15H10ClFO2. The van der Waals surface area contributed by atoms with Gasteiger partial charge in [0.15, 0.2) is 5.78 Å². The first-order valence-electron chi connectivity index (χ1n) is 5.53. The highest BCUT2D eigenvalue weighted by atomic mass is 35.5. The lowest BCUT2D eigenvalue weighted by atomic mass is 10.1. The quantitative estimate of drug-likeness (QED) is 0.677. The number of hydrogen-bond donors (Lipinski definition) is 1. The number of para-hydroxylation sites is 1. The molecule has 0 heterocycles. The molecule has 4 heteroatoms. The predicted octanol–water partition coefficient (Wildman–Crippen LogP) is 4.08. The third-order valence-electron chi connectivity index (χ3n) is 2.54. The van der Waals surface area contributed by atoms with Crippen molar-refractivity contribution in [2.45, 2.75) is 0 Å². The fraction of sp³-hybridized carbons (Fsp3) is 0. The van der Waals surface area contributed by atoms with Crippen LogP contribution in [-0.2, 0) is 0 Å². The molecule has 2 nitrogen and oxygen atoms in total. The van der Waals surface area contributed by atoms with Crippen LogP contribution in [0.4, 0.5) is 4.39 Å². The van der Waals surface area contributed by atoms with Crippen LogP contribution < -0.4 is 0 Å². The fourth-order valence-corrected chi connectivity index (χ4v) is 1.75. The number of benzene rings is 2. The number of allylic oxidation sites excluding steroid dienone is 1. The molecule has 0 atom stereocenters. The molecule has 0 fully saturated rings. The highest BCUT2D eigenvalue weighted by Crippen LogP contribution is 2.19. The Morgan fingerprint density at radius 1 is 1.21 bits per heavy atom. The second-order valence-corrected chi connectivity index (χ2v) is 4.30. The number of ketones is 1. The SMILES string of the molecule is O=C(/C=C/c1ccc(F)c(Cl)c1)c1ccccc1O. The van der Waals surface area contributed by atoms with E-state index < -0.39 is 5.82 Å². The maximum atomic E-state index is 13.0. The minimum absolute atomic E-state index is 0.00263. The Morgan fingerprint density at radius 3 is 2.63 bits per heavy atom. The molecule has 0 aromatic heterocycles. The molecule has 96 valence electrons. The van der Waals surface area contributed by atoms with Gasteiger partial charge in [-0.25, -0.2) is 4.39 Å². The fourth-order valence-electron chi connectivity index (χ4n) is 1.56. The smallest absolute Gasteiger partial charge is 0.189 e. The summed E-state index contributed by atoms with van der Waals surface area (Å²) < 4.78 is 13.0. The van der Waals surface area contributed by atoms with Gasteiger partial charge in [0.05, 0.1) is 10.6 Å². The first-order valence-corrected chi connectivity index (χ1v) is 5.91. The average molecular weight is 277 g/mol. The second-order valence-electron chi connectivity index (χ2n) is 3.89. The van der Waals surface area contributed by atoms with Gasteiger partial charge in [-0.15, -0.1) is 0 Å². The predicted molar refractivity (Wildman–Crippen MR) is 72.9 cm³/mol. The van der Waals surface area contributed by atoms with Crippen LogP contribution in [0.3, 0.4) is 0 Å². The molecule has 0 saturated heterocycles. The summed E-state index contributed by atoms with van der Waals surface area (Å²) in [7, 11) is 0. The van der Waals surface area contributed by atoms with Crippen molar-refractivity contribution in [1.82, 2.24) is 0 Å². The maximum Gasteiger partial charge on any atom is 0.189 e. The van der Waals surface area contributed by atoms with Gasteiger partial charge in [0.1, 0.15) is 11.6 Å². The number of hydrogen-bond acceptors (Lipinski definition) is 2. The van der Waals surface area contributed by atoms with Gasteiger partial charge < -0.3 is 5.11 Å². The molecule has 1 N–H and O–H groups in total. The molecule has 0 unspecified atom stereocenters. The molecule has 0 saturated carbocycles. The van der Waals surface area contributed by atoms with E-state index in [0.29, 0.717) is 5.56 Å². The lowest BCUT2D eigenvalue weighted by Gasteiger charge is -1.99. The Hall–Kier alpha value is -2.13. The van der Waals surface area contributed by atoms with Gasteiger partial charge in [0.25, 0.3) is 0 Å². The number of carbonyl (C=O) groups excluding carboxylic acids is 1. The molecule has 2 rings (SSSR count). The number of rotatable bonds is 3. The maximum absolute atomic E-state index is 13.0. The Morgan fingerprint density at radius 2 is 1.95 bits per heavy atom. The van der Waals surface area contributed by atoms with Gasteiger partial charge in [-0.3, -0.25) is 4.79 Å². The van der Waals surface area contributed by atoms with Crippen LogP contribution in [0, 0.1) is 5.82 Å². The topological polar surface area (TPSA) is 37.3 Å². The molecule has 0 bridgehead atoms. The highest BCUT2D eigenvalue weighted by Gasteiger charge is 2.06. The van der Waals surface area contributed by atoms with Crippen molar-refractivity contribution in [3.8, 4) is 5.75 Å². The normalized spacial score (nSPS) is 10.8. The van der Waals surface area contributed by atoms with Gasteiger partial charge in [-0.05, 0) is 35.9 Å². The number of aromatic hydroxyl groups is 1. The first-order chi connectivity index (χ1) is 9.08. The van der Waals surface area contributed by atoms with E-state index in [4.69, 9.17) is 11.6 Å². The van der Waals surface area contributed by atoms with Crippen molar-refractivity contribution in [1.29, 1.82) is 0 Å². The zero-order valence-corrected chi connectivity index (χ0v) is 10.6. The number of halogens is 2. The molecule has 2 aromatic carbocycles. The number of carbonyl (C=O) groups is 1. The summed E-state index contributed by atoms with van der Waals surface area (Å²) in [5, 5.41) is 9.53. The molecule has 0 amide bonds. The number of phenols is 1. The lowest BCUT2D eigenvalue weighted by Crippen LogP contribution is -1.94. The zero-order valence-electron chi connectivity index (χ0n) is 9.81. The molecule has 0 radical (unpaired) electrons. The van der Waals surface area contributed by atoms with E-state index in [1.807, 2.05) is 0 Å². The molecule has 19 heavy (non-hydrogen) atoms. The van der Waals surface area contributed by atoms with E-state index in [2.05, 4.69) is 0 Å². The molecule has 0 spiro atoms. The second kappa shape index (κ2) is 5.67. The van der Waals surface area contributed by atoms with Crippen LogP contribution in [0.15, 0.2) is 48.5 Å². The van der Waals surface area contributed by atoms with Crippen LogP contribution in [0.5, 0.6) is 5.75 Å².